The van der Waals surface area contributed by atoms with Crippen LogP contribution in [0.4, 0.5) is 16.0 Å². The van der Waals surface area contributed by atoms with Crippen LogP contribution < -0.4 is 5.73 Å². The Morgan fingerprint density at radius 2 is 2.16 bits per heavy atom. The van der Waals surface area contributed by atoms with Crippen molar-refractivity contribution in [2.75, 3.05) is 5.73 Å². The van der Waals surface area contributed by atoms with Crippen molar-refractivity contribution in [2.45, 2.75) is 0 Å². The number of hydrogen-bond acceptors (Lipinski definition) is 6. The van der Waals surface area contributed by atoms with Crippen molar-refractivity contribution >= 4 is 11.6 Å². The molecule has 0 bridgehead atoms. The minimum Gasteiger partial charge on any atom is -0.368 e. The molecule has 1 heterocycles. The van der Waals surface area contributed by atoms with E-state index in [2.05, 4.69) is 9.97 Å². The molecule has 0 aliphatic rings. The second kappa shape index (κ2) is 4.66. The molecule has 0 atom stereocenters. The number of halogens is 1. The van der Waals surface area contributed by atoms with Crippen molar-refractivity contribution < 1.29 is 9.31 Å². The molecular formula is C11H6FN5O2. The number of nitrogens with two attached hydrogens (primary N) is 1. The summed E-state index contributed by atoms with van der Waals surface area (Å²) in [7, 11) is 0. The first-order chi connectivity index (χ1) is 9.01. The van der Waals surface area contributed by atoms with Gasteiger partial charge < -0.3 is 5.73 Å². The van der Waals surface area contributed by atoms with Gasteiger partial charge in [-0.05, 0) is 18.2 Å². The van der Waals surface area contributed by atoms with E-state index >= 15 is 0 Å². The average Bonchev–Trinajstić information content (AvgIpc) is 2.37. The maximum Gasteiger partial charge on any atom is 0.313 e. The van der Waals surface area contributed by atoms with E-state index in [9.17, 15) is 14.5 Å². The number of rotatable bonds is 2. The summed E-state index contributed by atoms with van der Waals surface area (Å²) in [6.07, 6.45) is 0.939. The number of benzene rings is 1. The fraction of sp³-hybridized carbons (Fsp3) is 0. The predicted octanol–water partition coefficient (Wildman–Crippen LogP) is 1.64. The van der Waals surface area contributed by atoms with Gasteiger partial charge in [-0.2, -0.15) is 5.26 Å². The zero-order valence-corrected chi connectivity index (χ0v) is 9.37. The van der Waals surface area contributed by atoms with E-state index < -0.39 is 16.4 Å². The van der Waals surface area contributed by atoms with Crippen LogP contribution in [0.25, 0.3) is 11.3 Å². The predicted molar refractivity (Wildman–Crippen MR) is 63.2 cm³/mol. The Morgan fingerprint density at radius 3 is 2.79 bits per heavy atom. The molecule has 2 aromatic rings. The van der Waals surface area contributed by atoms with Gasteiger partial charge in [0.05, 0.1) is 16.6 Å². The molecule has 0 saturated carbocycles. The van der Waals surface area contributed by atoms with Crippen LogP contribution in [0.1, 0.15) is 5.56 Å². The molecule has 8 heteroatoms. The summed E-state index contributed by atoms with van der Waals surface area (Å²) in [5, 5.41) is 19.6. The van der Waals surface area contributed by atoms with Crippen molar-refractivity contribution in [1.82, 2.24) is 9.97 Å². The highest BCUT2D eigenvalue weighted by Crippen LogP contribution is 2.28. The molecule has 0 spiro atoms. The van der Waals surface area contributed by atoms with E-state index in [1.807, 2.05) is 0 Å². The summed E-state index contributed by atoms with van der Waals surface area (Å²) >= 11 is 0. The van der Waals surface area contributed by atoms with Crippen molar-refractivity contribution in [3.8, 4) is 17.3 Å². The monoisotopic (exact) mass is 259 g/mol. The van der Waals surface area contributed by atoms with Gasteiger partial charge >= 0.3 is 5.69 Å². The fourth-order valence-corrected chi connectivity index (χ4v) is 1.53. The maximum atomic E-state index is 13.3. The number of aromatic nitrogens is 2. The molecule has 2 N–H and O–H groups in total. The van der Waals surface area contributed by atoms with Gasteiger partial charge in [0.2, 0.25) is 5.95 Å². The zero-order chi connectivity index (χ0) is 14.0. The normalized spacial score (nSPS) is 9.89. The Hall–Kier alpha value is -3.08. The van der Waals surface area contributed by atoms with Gasteiger partial charge in [0, 0.05) is 5.56 Å². The number of nitrogens with zero attached hydrogens (tertiary/aromatic N) is 4. The first-order valence-corrected chi connectivity index (χ1v) is 4.99. The molecule has 0 radical (unpaired) electrons. The van der Waals surface area contributed by atoms with Gasteiger partial charge in [-0.15, -0.1) is 0 Å². The van der Waals surface area contributed by atoms with Crippen molar-refractivity contribution in [2.24, 2.45) is 0 Å². The van der Waals surface area contributed by atoms with Gasteiger partial charge in [0.1, 0.15) is 12.0 Å². The van der Waals surface area contributed by atoms with E-state index in [0.29, 0.717) is 0 Å². The fourth-order valence-electron chi connectivity index (χ4n) is 1.53. The van der Waals surface area contributed by atoms with Crippen LogP contribution >= 0.6 is 0 Å². The smallest absolute Gasteiger partial charge is 0.313 e. The number of nitriles is 1. The van der Waals surface area contributed by atoms with Crippen LogP contribution in [0.5, 0.6) is 0 Å². The molecule has 0 fully saturated rings. The second-order valence-electron chi connectivity index (χ2n) is 3.56. The van der Waals surface area contributed by atoms with Crippen LogP contribution in [-0.2, 0) is 0 Å². The van der Waals surface area contributed by atoms with Gasteiger partial charge in [-0.1, -0.05) is 0 Å². The van der Waals surface area contributed by atoms with Gasteiger partial charge in [0.15, 0.2) is 5.69 Å². The van der Waals surface area contributed by atoms with E-state index in [-0.39, 0.29) is 22.8 Å². The Balaban J connectivity index is 2.71. The first kappa shape index (κ1) is 12.4. The molecule has 1 aromatic carbocycles. The minimum absolute atomic E-state index is 0.0291. The highest BCUT2D eigenvalue weighted by molar-refractivity contribution is 5.71. The van der Waals surface area contributed by atoms with Gasteiger partial charge in [0.25, 0.3) is 0 Å². The molecule has 19 heavy (non-hydrogen) atoms. The molecule has 0 aliphatic heterocycles. The van der Waals surface area contributed by atoms with Gasteiger partial charge in [-0.25, -0.2) is 14.4 Å². The topological polar surface area (TPSA) is 119 Å². The summed E-state index contributed by atoms with van der Waals surface area (Å²) in [6.45, 7) is 0. The van der Waals surface area contributed by atoms with E-state index in [1.165, 1.54) is 6.07 Å². The standard InChI is InChI=1S/C11H6FN5O2/c12-8-2-6(4-13)1-7(3-8)10-9(17(18)19)5-15-11(14)16-10/h1-3,5H,(H2,14,15,16). The SMILES string of the molecule is N#Cc1cc(F)cc(-c2nc(N)ncc2[N+](=O)[O-])c1. The highest BCUT2D eigenvalue weighted by atomic mass is 19.1. The third-order valence-electron chi connectivity index (χ3n) is 2.29. The molecule has 7 nitrogen and oxygen atoms in total. The Kier molecular flexibility index (Phi) is 3.03. The number of hydrogen-bond donors (Lipinski definition) is 1. The number of nitrogen functional groups attached to an aromatic ring is 1. The Bertz CT molecular complexity index is 711. The molecule has 0 saturated heterocycles. The number of anilines is 1. The lowest BCUT2D eigenvalue weighted by atomic mass is 10.1. The summed E-state index contributed by atoms with van der Waals surface area (Å²) in [6, 6.07) is 5.10. The summed E-state index contributed by atoms with van der Waals surface area (Å²) in [5.74, 6) is -0.871. The zero-order valence-electron chi connectivity index (χ0n) is 9.37. The maximum absolute atomic E-state index is 13.3. The van der Waals surface area contributed by atoms with Crippen LogP contribution in [0, 0.1) is 27.3 Å². The molecule has 0 aliphatic carbocycles. The average molecular weight is 259 g/mol. The van der Waals surface area contributed by atoms with E-state index in [4.69, 9.17) is 11.0 Å². The highest BCUT2D eigenvalue weighted by Gasteiger charge is 2.19. The second-order valence-corrected chi connectivity index (χ2v) is 3.56. The summed E-state index contributed by atoms with van der Waals surface area (Å²) in [4.78, 5) is 17.4. The molecule has 0 unspecified atom stereocenters. The lowest BCUT2D eigenvalue weighted by Crippen LogP contribution is -2.01. The van der Waals surface area contributed by atoms with Crippen LogP contribution in [-0.4, -0.2) is 14.9 Å². The lowest BCUT2D eigenvalue weighted by molar-refractivity contribution is -0.384. The molecule has 1 aromatic heterocycles. The minimum atomic E-state index is -0.703. The van der Waals surface area contributed by atoms with Crippen LogP contribution in [0.15, 0.2) is 24.4 Å². The van der Waals surface area contributed by atoms with Crippen LogP contribution in [0.3, 0.4) is 0 Å². The van der Waals surface area contributed by atoms with E-state index in [1.54, 1.807) is 6.07 Å². The van der Waals surface area contributed by atoms with Crippen molar-refractivity contribution in [3.05, 3.63) is 45.9 Å². The first-order valence-electron chi connectivity index (χ1n) is 4.99. The third kappa shape index (κ3) is 2.44. The molecule has 0 amide bonds. The molecule has 2 rings (SSSR count). The lowest BCUT2D eigenvalue weighted by Gasteiger charge is -2.03. The Labute approximate surface area is 106 Å². The van der Waals surface area contributed by atoms with Crippen molar-refractivity contribution in [3.63, 3.8) is 0 Å². The summed E-state index contributed by atoms with van der Waals surface area (Å²) in [5.41, 5.74) is 4.95. The third-order valence-corrected chi connectivity index (χ3v) is 2.29. The van der Waals surface area contributed by atoms with Gasteiger partial charge in [-0.3, -0.25) is 10.1 Å². The largest absolute Gasteiger partial charge is 0.368 e. The molecular weight excluding hydrogens is 253 g/mol. The van der Waals surface area contributed by atoms with E-state index in [0.717, 1.165) is 18.3 Å². The molecule has 94 valence electrons. The quantitative estimate of drug-likeness (QED) is 0.646. The number of nitro groups is 1. The van der Waals surface area contributed by atoms with Crippen LogP contribution in [0.2, 0.25) is 0 Å². The Morgan fingerprint density at radius 1 is 1.42 bits per heavy atom. The summed E-state index contributed by atoms with van der Waals surface area (Å²) < 4.78 is 13.3. The van der Waals surface area contributed by atoms with Crippen molar-refractivity contribution in [1.29, 1.82) is 5.26 Å².